The molecule has 0 fully saturated rings. The van der Waals surface area contributed by atoms with Gasteiger partial charge in [0.1, 0.15) is 5.70 Å². The summed E-state index contributed by atoms with van der Waals surface area (Å²) in [5, 5.41) is 9.80. The van der Waals surface area contributed by atoms with Crippen LogP contribution in [0.5, 0.6) is 11.5 Å². The lowest BCUT2D eigenvalue weighted by molar-refractivity contribution is 0.174. The van der Waals surface area contributed by atoms with Crippen LogP contribution in [-0.4, -0.2) is 44.4 Å². The first-order valence-corrected chi connectivity index (χ1v) is 12.2. The van der Waals surface area contributed by atoms with Crippen LogP contribution in [0.3, 0.4) is 0 Å². The van der Waals surface area contributed by atoms with E-state index in [1.165, 1.54) is 0 Å². The van der Waals surface area contributed by atoms with Gasteiger partial charge in [0.25, 0.3) is 0 Å². The van der Waals surface area contributed by atoms with Crippen LogP contribution in [0.15, 0.2) is 38.4 Å². The lowest BCUT2D eigenvalue weighted by Crippen LogP contribution is -2.19. The molecule has 0 saturated heterocycles. The Morgan fingerprint density at radius 3 is 2.66 bits per heavy atom. The van der Waals surface area contributed by atoms with E-state index in [4.69, 9.17) is 30.6 Å². The van der Waals surface area contributed by atoms with Crippen molar-refractivity contribution in [2.24, 2.45) is 33.5 Å². The second kappa shape index (κ2) is 9.67. The van der Waals surface area contributed by atoms with Crippen molar-refractivity contribution >= 4 is 34.4 Å². The van der Waals surface area contributed by atoms with Gasteiger partial charge in [-0.05, 0) is 44.1 Å². The smallest absolute Gasteiger partial charge is 0.231 e. The molecule has 32 heavy (non-hydrogen) atoms. The first kappa shape index (κ1) is 22.9. The zero-order valence-electron chi connectivity index (χ0n) is 19.4. The molecule has 3 aliphatic heterocycles. The van der Waals surface area contributed by atoms with Crippen molar-refractivity contribution in [1.29, 1.82) is 5.41 Å². The van der Waals surface area contributed by atoms with Gasteiger partial charge in [-0.3, -0.25) is 4.99 Å². The first-order valence-electron chi connectivity index (χ1n) is 11.3. The number of nitrogens with one attached hydrogen (secondary N) is 1. The first-order chi connectivity index (χ1) is 15.4. The number of rotatable bonds is 5. The molecule has 0 radical (unpaired) electrons. The number of benzene rings is 1. The lowest BCUT2D eigenvalue weighted by atomic mass is 9.86. The molecule has 7 nitrogen and oxygen atoms in total. The van der Waals surface area contributed by atoms with Gasteiger partial charge in [-0.1, -0.05) is 25.6 Å². The van der Waals surface area contributed by atoms with E-state index in [2.05, 4.69) is 18.7 Å². The Morgan fingerprint density at radius 1 is 1.22 bits per heavy atom. The van der Waals surface area contributed by atoms with Crippen molar-refractivity contribution in [3.05, 3.63) is 23.5 Å². The topological polar surface area (TPSA) is 96.3 Å². The third-order valence-corrected chi connectivity index (χ3v) is 7.50. The van der Waals surface area contributed by atoms with Crippen LogP contribution in [-0.2, 0) is 0 Å². The fraction of sp³-hybridized carbons (Fsp3) is 0.542. The summed E-state index contributed by atoms with van der Waals surface area (Å²) in [6.45, 7) is 5.23. The summed E-state index contributed by atoms with van der Waals surface area (Å²) in [5.74, 6) is 2.35. The number of aliphatic imine (C=N–C) groups is 2. The average molecular weight is 456 g/mol. The van der Waals surface area contributed by atoms with Crippen molar-refractivity contribution in [3.8, 4) is 11.5 Å². The minimum atomic E-state index is 0.202. The average Bonchev–Trinajstić information content (AvgIpc) is 3.11. The molecule has 0 bridgehead atoms. The van der Waals surface area contributed by atoms with Crippen LogP contribution < -0.4 is 20.1 Å². The highest BCUT2D eigenvalue weighted by Crippen LogP contribution is 2.45. The number of nitrogens with zero attached hydrogens (tertiary/aromatic N) is 3. The van der Waals surface area contributed by atoms with Gasteiger partial charge in [0, 0.05) is 43.3 Å². The van der Waals surface area contributed by atoms with Crippen molar-refractivity contribution in [3.63, 3.8) is 0 Å². The van der Waals surface area contributed by atoms with Gasteiger partial charge in [0.15, 0.2) is 11.5 Å². The third kappa shape index (κ3) is 4.57. The highest BCUT2D eigenvalue weighted by Gasteiger charge is 2.32. The molecule has 3 N–H and O–H groups in total. The van der Waals surface area contributed by atoms with Gasteiger partial charge in [0.05, 0.1) is 22.1 Å². The van der Waals surface area contributed by atoms with Crippen LogP contribution in [0, 0.1) is 23.2 Å². The minimum Gasteiger partial charge on any atom is -0.454 e. The van der Waals surface area contributed by atoms with Crippen LogP contribution >= 0.6 is 11.8 Å². The Balaban J connectivity index is 1.74. The number of fused-ring (bicyclic) bond motifs is 1. The SMILES string of the molecule is CCC1C=NC2=C(N=C(Sc3cc4c(cc3N(C)C)OCO4)CC(CCN)C2C)C(=N)C1. The van der Waals surface area contributed by atoms with E-state index in [1.54, 1.807) is 11.8 Å². The zero-order chi connectivity index (χ0) is 22.8. The molecule has 4 rings (SSSR count). The molecule has 3 unspecified atom stereocenters. The predicted molar refractivity (Wildman–Crippen MR) is 133 cm³/mol. The number of anilines is 1. The van der Waals surface area contributed by atoms with Gasteiger partial charge in [-0.15, -0.1) is 0 Å². The second-order valence-electron chi connectivity index (χ2n) is 8.87. The van der Waals surface area contributed by atoms with Gasteiger partial charge in [-0.2, -0.15) is 0 Å². The molecular weight excluding hydrogens is 422 g/mol. The van der Waals surface area contributed by atoms with Crippen LogP contribution in [0.4, 0.5) is 5.69 Å². The Morgan fingerprint density at radius 2 is 1.97 bits per heavy atom. The molecule has 3 aliphatic rings. The van der Waals surface area contributed by atoms with Crippen LogP contribution in [0.2, 0.25) is 0 Å². The molecule has 8 heteroatoms. The molecule has 3 heterocycles. The minimum absolute atomic E-state index is 0.202. The Kier molecular flexibility index (Phi) is 6.90. The van der Waals surface area contributed by atoms with Crippen LogP contribution in [0.1, 0.15) is 39.5 Å². The molecule has 1 aromatic carbocycles. The van der Waals surface area contributed by atoms with Gasteiger partial charge >= 0.3 is 0 Å². The molecule has 3 atom stereocenters. The van der Waals surface area contributed by atoms with Gasteiger partial charge < -0.3 is 25.5 Å². The standard InChI is InChI=1S/C24H33N5O2S/c1-5-15-8-17(26)24-23(27-12-15)14(2)16(6-7-25)9-22(28-24)32-21-11-20-19(30-13-31-20)10-18(21)29(3)4/h10-12,14-16,26H,5-9,13,25H2,1-4H3. The number of nitrogens with two attached hydrogens (primary N) is 1. The predicted octanol–water partition coefficient (Wildman–Crippen LogP) is 4.71. The summed E-state index contributed by atoms with van der Waals surface area (Å²) in [5.41, 5.74) is 9.32. The Bertz CT molecular complexity index is 985. The normalized spacial score (nSPS) is 24.7. The number of hydrogen-bond donors (Lipinski definition) is 2. The van der Waals surface area contributed by atoms with Crippen LogP contribution in [0.25, 0.3) is 0 Å². The quantitative estimate of drug-likeness (QED) is 0.670. The summed E-state index contributed by atoms with van der Waals surface area (Å²) in [4.78, 5) is 13.1. The van der Waals surface area contributed by atoms with Crippen molar-refractivity contribution in [2.45, 2.75) is 44.4 Å². The highest BCUT2D eigenvalue weighted by molar-refractivity contribution is 8.14. The maximum absolute atomic E-state index is 8.80. The molecular formula is C24H33N5O2S. The van der Waals surface area contributed by atoms with E-state index in [-0.39, 0.29) is 18.6 Å². The third-order valence-electron chi connectivity index (χ3n) is 6.46. The molecule has 172 valence electrons. The van der Waals surface area contributed by atoms with E-state index in [0.29, 0.717) is 24.6 Å². The molecule has 0 aliphatic carbocycles. The lowest BCUT2D eigenvalue weighted by Gasteiger charge is -2.23. The number of thioether (sulfide) groups is 1. The maximum Gasteiger partial charge on any atom is 0.231 e. The Labute approximate surface area is 194 Å². The fourth-order valence-corrected chi connectivity index (χ4v) is 5.62. The maximum atomic E-state index is 8.80. The van der Waals surface area contributed by atoms with E-state index in [9.17, 15) is 0 Å². The summed E-state index contributed by atoms with van der Waals surface area (Å²) < 4.78 is 11.2. The number of hydrogen-bond acceptors (Lipinski definition) is 8. The summed E-state index contributed by atoms with van der Waals surface area (Å²) in [6.07, 6.45) is 5.41. The van der Waals surface area contributed by atoms with E-state index in [1.807, 2.05) is 32.4 Å². The molecule has 0 aromatic heterocycles. The van der Waals surface area contributed by atoms with Gasteiger partial charge in [0.2, 0.25) is 6.79 Å². The largest absolute Gasteiger partial charge is 0.454 e. The second-order valence-corrected chi connectivity index (χ2v) is 9.98. The molecule has 0 spiro atoms. The van der Waals surface area contributed by atoms with E-state index >= 15 is 0 Å². The number of allylic oxidation sites excluding steroid dienone is 2. The summed E-state index contributed by atoms with van der Waals surface area (Å²) in [7, 11) is 4.05. The molecule has 1 aromatic rings. The van der Waals surface area contributed by atoms with Gasteiger partial charge in [-0.25, -0.2) is 4.99 Å². The monoisotopic (exact) mass is 455 g/mol. The highest BCUT2D eigenvalue weighted by atomic mass is 32.2. The van der Waals surface area contributed by atoms with E-state index < -0.39 is 0 Å². The van der Waals surface area contributed by atoms with Crippen molar-refractivity contribution < 1.29 is 9.47 Å². The fourth-order valence-electron chi connectivity index (χ4n) is 4.42. The van der Waals surface area contributed by atoms with Crippen molar-refractivity contribution in [1.82, 2.24) is 0 Å². The summed E-state index contributed by atoms with van der Waals surface area (Å²) in [6, 6.07) is 4.06. The summed E-state index contributed by atoms with van der Waals surface area (Å²) >= 11 is 1.65. The van der Waals surface area contributed by atoms with Crippen molar-refractivity contribution in [2.75, 3.05) is 32.3 Å². The number of ether oxygens (including phenoxy) is 2. The molecule has 0 amide bonds. The van der Waals surface area contributed by atoms with E-state index in [0.717, 1.165) is 57.8 Å². The molecule has 0 saturated carbocycles. The zero-order valence-corrected chi connectivity index (χ0v) is 20.2. The Hall–Kier alpha value is -2.32.